The molecule has 1 fully saturated rings. The largest absolute Gasteiger partial charge is 0.357 e. The quantitative estimate of drug-likeness (QED) is 0.314. The second-order valence-electron chi connectivity index (χ2n) is 9.27. The summed E-state index contributed by atoms with van der Waals surface area (Å²) in [7, 11) is 4.25. The molecule has 0 aromatic heterocycles. The van der Waals surface area contributed by atoms with Crippen LogP contribution in [0.4, 0.5) is 0 Å². The van der Waals surface area contributed by atoms with Gasteiger partial charge in [-0.1, -0.05) is 44.2 Å². The van der Waals surface area contributed by atoms with Gasteiger partial charge < -0.3 is 15.5 Å². The molecule has 6 heteroatoms. The lowest BCUT2D eigenvalue weighted by Crippen LogP contribution is -2.51. The zero-order valence-corrected chi connectivity index (χ0v) is 21.6. The summed E-state index contributed by atoms with van der Waals surface area (Å²) in [6.45, 7) is 14.0. The molecule has 2 atom stereocenters. The van der Waals surface area contributed by atoms with Gasteiger partial charge in [-0.05, 0) is 51.8 Å². The number of benzene rings is 1. The maximum atomic E-state index is 4.90. The molecule has 0 amide bonds. The Labute approximate surface area is 195 Å². The summed E-state index contributed by atoms with van der Waals surface area (Å²) in [6.07, 6.45) is 2.31. The lowest BCUT2D eigenvalue weighted by atomic mass is 9.93. The molecular formula is C23H42IN5. The van der Waals surface area contributed by atoms with Crippen molar-refractivity contribution in [3.63, 3.8) is 0 Å². The van der Waals surface area contributed by atoms with E-state index >= 15 is 0 Å². The summed E-state index contributed by atoms with van der Waals surface area (Å²) >= 11 is 0. The molecule has 2 unspecified atom stereocenters. The van der Waals surface area contributed by atoms with Crippen molar-refractivity contribution in [1.82, 2.24) is 20.4 Å². The van der Waals surface area contributed by atoms with Gasteiger partial charge in [-0.25, -0.2) is 0 Å². The second kappa shape index (κ2) is 12.7. The van der Waals surface area contributed by atoms with E-state index in [0.29, 0.717) is 12.1 Å². The minimum absolute atomic E-state index is 0. The summed E-state index contributed by atoms with van der Waals surface area (Å²) in [4.78, 5) is 9.73. The molecule has 2 N–H and O–H groups in total. The molecule has 1 heterocycles. The summed E-state index contributed by atoms with van der Waals surface area (Å²) in [6, 6.07) is 11.8. The number of nitrogens with one attached hydrogen (secondary N) is 2. The van der Waals surface area contributed by atoms with Gasteiger partial charge in [0, 0.05) is 44.8 Å². The molecule has 1 aliphatic rings. The van der Waals surface area contributed by atoms with Crippen LogP contribution in [0.2, 0.25) is 0 Å². The van der Waals surface area contributed by atoms with Crippen molar-refractivity contribution in [2.45, 2.75) is 59.2 Å². The van der Waals surface area contributed by atoms with Gasteiger partial charge in [-0.3, -0.25) is 9.89 Å². The van der Waals surface area contributed by atoms with E-state index in [1.807, 2.05) is 0 Å². The maximum Gasteiger partial charge on any atom is 0.191 e. The van der Waals surface area contributed by atoms with Crippen molar-refractivity contribution in [3.05, 3.63) is 35.9 Å². The zero-order valence-electron chi connectivity index (χ0n) is 19.2. The summed E-state index contributed by atoms with van der Waals surface area (Å²) in [5.74, 6) is 0.961. The first kappa shape index (κ1) is 26.2. The average molecular weight is 516 g/mol. The smallest absolute Gasteiger partial charge is 0.191 e. The normalized spacial score (nSPS) is 21.0. The molecule has 5 nitrogen and oxygen atoms in total. The standard InChI is InChI=1S/C23H41N5.HI/c1-7-24-22(25-17-23(3,4)18-27(5)6)26-21-13-14-28(19(2)15-21)16-20-11-9-8-10-12-20;/h8-12,19,21H,7,13-18H2,1-6H3,(H2,24,25,26);1H. The lowest BCUT2D eigenvalue weighted by molar-refractivity contribution is 0.134. The molecule has 0 radical (unpaired) electrons. The van der Waals surface area contributed by atoms with E-state index in [1.165, 1.54) is 5.56 Å². The highest BCUT2D eigenvalue weighted by Crippen LogP contribution is 2.20. The monoisotopic (exact) mass is 515 g/mol. The molecule has 0 saturated carbocycles. The molecule has 1 aromatic carbocycles. The fourth-order valence-electron chi connectivity index (χ4n) is 4.12. The van der Waals surface area contributed by atoms with Crippen molar-refractivity contribution < 1.29 is 0 Å². The highest BCUT2D eigenvalue weighted by atomic mass is 127. The van der Waals surface area contributed by atoms with Gasteiger partial charge in [0.1, 0.15) is 0 Å². The first-order valence-electron chi connectivity index (χ1n) is 10.8. The minimum Gasteiger partial charge on any atom is -0.357 e. The number of aliphatic imine (C=N–C) groups is 1. The molecule has 0 aliphatic carbocycles. The Kier molecular flexibility index (Phi) is 11.5. The van der Waals surface area contributed by atoms with E-state index < -0.39 is 0 Å². The van der Waals surface area contributed by atoms with Gasteiger partial charge in [-0.15, -0.1) is 24.0 Å². The average Bonchev–Trinajstić information content (AvgIpc) is 2.62. The van der Waals surface area contributed by atoms with Crippen molar-refractivity contribution in [2.75, 3.05) is 40.3 Å². The number of guanidine groups is 1. The second-order valence-corrected chi connectivity index (χ2v) is 9.27. The molecule has 166 valence electrons. The van der Waals surface area contributed by atoms with Crippen LogP contribution in [0.5, 0.6) is 0 Å². The lowest BCUT2D eigenvalue weighted by Gasteiger charge is -2.38. The number of nitrogens with zero attached hydrogens (tertiary/aromatic N) is 3. The van der Waals surface area contributed by atoms with E-state index in [2.05, 4.69) is 92.6 Å². The third-order valence-corrected chi connectivity index (χ3v) is 5.34. The van der Waals surface area contributed by atoms with Gasteiger partial charge in [0.2, 0.25) is 0 Å². The van der Waals surface area contributed by atoms with Crippen LogP contribution in [0.1, 0.15) is 46.1 Å². The van der Waals surface area contributed by atoms with E-state index in [9.17, 15) is 0 Å². The number of halogens is 1. The van der Waals surface area contributed by atoms with E-state index in [0.717, 1.165) is 51.5 Å². The fraction of sp³-hybridized carbons (Fsp3) is 0.696. The third-order valence-electron chi connectivity index (χ3n) is 5.34. The van der Waals surface area contributed by atoms with Crippen molar-refractivity contribution in [2.24, 2.45) is 10.4 Å². The van der Waals surface area contributed by atoms with Gasteiger partial charge in [0.25, 0.3) is 0 Å². The van der Waals surface area contributed by atoms with Gasteiger partial charge in [-0.2, -0.15) is 0 Å². The number of piperidine rings is 1. The fourth-order valence-corrected chi connectivity index (χ4v) is 4.12. The van der Waals surface area contributed by atoms with Crippen LogP contribution >= 0.6 is 24.0 Å². The minimum atomic E-state index is 0. The Balaban J connectivity index is 0.00000420. The number of rotatable bonds is 8. The van der Waals surface area contributed by atoms with Crippen LogP contribution < -0.4 is 10.6 Å². The predicted molar refractivity (Wildman–Crippen MR) is 136 cm³/mol. The van der Waals surface area contributed by atoms with E-state index in [-0.39, 0.29) is 29.4 Å². The van der Waals surface area contributed by atoms with Gasteiger partial charge >= 0.3 is 0 Å². The predicted octanol–water partition coefficient (Wildman–Crippen LogP) is 3.80. The Morgan fingerprint density at radius 3 is 2.52 bits per heavy atom. The first-order chi connectivity index (χ1) is 13.3. The maximum absolute atomic E-state index is 4.90. The first-order valence-corrected chi connectivity index (χ1v) is 10.8. The highest BCUT2D eigenvalue weighted by molar-refractivity contribution is 14.0. The summed E-state index contributed by atoms with van der Waals surface area (Å²) in [5.41, 5.74) is 1.57. The van der Waals surface area contributed by atoms with Crippen LogP contribution in [-0.2, 0) is 6.54 Å². The van der Waals surface area contributed by atoms with Crippen LogP contribution in [0, 0.1) is 5.41 Å². The Bertz CT molecular complexity index is 603. The molecule has 0 spiro atoms. The van der Waals surface area contributed by atoms with Crippen molar-refractivity contribution >= 4 is 29.9 Å². The molecular weight excluding hydrogens is 473 g/mol. The van der Waals surface area contributed by atoms with Crippen LogP contribution in [0.25, 0.3) is 0 Å². The number of hydrogen-bond donors (Lipinski definition) is 2. The molecule has 2 rings (SSSR count). The molecule has 1 aromatic rings. The van der Waals surface area contributed by atoms with Crippen molar-refractivity contribution in [1.29, 1.82) is 0 Å². The summed E-state index contributed by atoms with van der Waals surface area (Å²) < 4.78 is 0. The highest BCUT2D eigenvalue weighted by Gasteiger charge is 2.26. The topological polar surface area (TPSA) is 42.9 Å². The molecule has 1 saturated heterocycles. The number of hydrogen-bond acceptors (Lipinski definition) is 3. The van der Waals surface area contributed by atoms with Crippen LogP contribution in [-0.4, -0.2) is 68.1 Å². The number of likely N-dealkylation sites (tertiary alicyclic amines) is 1. The Morgan fingerprint density at radius 2 is 1.93 bits per heavy atom. The summed E-state index contributed by atoms with van der Waals surface area (Å²) in [5, 5.41) is 7.13. The Hall–Kier alpha value is -0.860. The van der Waals surface area contributed by atoms with Gasteiger partial charge in [0.05, 0.1) is 0 Å². The van der Waals surface area contributed by atoms with Crippen LogP contribution in [0.15, 0.2) is 35.3 Å². The molecule has 29 heavy (non-hydrogen) atoms. The van der Waals surface area contributed by atoms with Crippen LogP contribution in [0.3, 0.4) is 0 Å². The van der Waals surface area contributed by atoms with Gasteiger partial charge in [0.15, 0.2) is 5.96 Å². The van der Waals surface area contributed by atoms with Crippen molar-refractivity contribution in [3.8, 4) is 0 Å². The SMILES string of the molecule is CCNC(=NCC(C)(C)CN(C)C)NC1CCN(Cc2ccccc2)C(C)C1.I. The third kappa shape index (κ3) is 9.66. The zero-order chi connectivity index (χ0) is 20.6. The van der Waals surface area contributed by atoms with E-state index in [4.69, 9.17) is 4.99 Å². The van der Waals surface area contributed by atoms with E-state index in [1.54, 1.807) is 0 Å². The molecule has 1 aliphatic heterocycles. The Morgan fingerprint density at radius 1 is 1.24 bits per heavy atom. The molecule has 0 bridgehead atoms.